The summed E-state index contributed by atoms with van der Waals surface area (Å²) in [6.07, 6.45) is 0. The summed E-state index contributed by atoms with van der Waals surface area (Å²) in [4.78, 5) is 17.3. The van der Waals surface area contributed by atoms with E-state index in [9.17, 15) is 4.79 Å². The molecule has 1 amide bonds. The number of piperazine rings is 1. The Morgan fingerprint density at radius 1 is 0.885 bits per heavy atom. The molecule has 26 heavy (non-hydrogen) atoms. The van der Waals surface area contributed by atoms with E-state index in [2.05, 4.69) is 65.4 Å². The highest BCUT2D eigenvalue weighted by Gasteiger charge is 2.25. The fourth-order valence-electron chi connectivity index (χ4n) is 3.37. The Morgan fingerprint density at radius 2 is 1.50 bits per heavy atom. The lowest BCUT2D eigenvalue weighted by molar-refractivity contribution is -0.120. The molecule has 2 aromatic carbocycles. The van der Waals surface area contributed by atoms with E-state index in [0.717, 1.165) is 31.9 Å². The number of amides is 1. The van der Waals surface area contributed by atoms with Gasteiger partial charge in [-0.05, 0) is 42.7 Å². The Morgan fingerprint density at radius 3 is 2.08 bits per heavy atom. The summed E-state index contributed by atoms with van der Waals surface area (Å²) in [6, 6.07) is 18.5. The highest BCUT2D eigenvalue weighted by molar-refractivity contribution is 5.94. The molecule has 0 saturated carbocycles. The predicted molar refractivity (Wildman–Crippen MR) is 109 cm³/mol. The molecule has 1 N–H and O–H groups in total. The molecule has 0 spiro atoms. The van der Waals surface area contributed by atoms with E-state index >= 15 is 0 Å². The molecule has 1 aliphatic rings. The zero-order valence-corrected chi connectivity index (χ0v) is 16.0. The molecule has 1 heterocycles. The first-order chi connectivity index (χ1) is 12.5. The van der Waals surface area contributed by atoms with Crippen LogP contribution in [0.2, 0.25) is 0 Å². The van der Waals surface area contributed by atoms with E-state index in [0.29, 0.717) is 5.92 Å². The number of para-hydroxylation sites is 1. The van der Waals surface area contributed by atoms with Crippen LogP contribution in [0.1, 0.15) is 32.3 Å². The molecule has 1 saturated heterocycles. The first kappa shape index (κ1) is 18.5. The van der Waals surface area contributed by atoms with Crippen molar-refractivity contribution >= 4 is 17.3 Å². The Balaban J connectivity index is 1.53. The quantitative estimate of drug-likeness (QED) is 0.886. The number of nitrogens with zero attached hydrogens (tertiary/aromatic N) is 2. The molecule has 4 nitrogen and oxygen atoms in total. The molecule has 2 aromatic rings. The van der Waals surface area contributed by atoms with Gasteiger partial charge in [-0.2, -0.15) is 0 Å². The Bertz CT molecular complexity index is 704. The van der Waals surface area contributed by atoms with Crippen molar-refractivity contribution < 1.29 is 4.79 Å². The monoisotopic (exact) mass is 351 g/mol. The number of carbonyl (C=O) groups is 1. The van der Waals surface area contributed by atoms with Crippen molar-refractivity contribution in [3.8, 4) is 0 Å². The number of nitrogens with one attached hydrogen (secondary N) is 1. The minimum absolute atomic E-state index is 0.0652. The van der Waals surface area contributed by atoms with Gasteiger partial charge in [0.05, 0.1) is 6.04 Å². The minimum atomic E-state index is -0.127. The van der Waals surface area contributed by atoms with Crippen LogP contribution in [0.4, 0.5) is 11.4 Å². The molecule has 0 aliphatic carbocycles. The van der Waals surface area contributed by atoms with Crippen LogP contribution >= 0.6 is 0 Å². The zero-order valence-electron chi connectivity index (χ0n) is 16.0. The third kappa shape index (κ3) is 4.44. The van der Waals surface area contributed by atoms with Crippen LogP contribution in [0, 0.1) is 0 Å². The maximum atomic E-state index is 12.6. The number of hydrogen-bond acceptors (Lipinski definition) is 3. The standard InChI is InChI=1S/C22H29N3O/c1-17(2)19-9-11-20(12-10-19)23-22(26)18(3)24-13-15-25(16-14-24)21-7-5-4-6-8-21/h4-12,17-18H,13-16H2,1-3H3,(H,23,26)/t18-/m0/s1. The van der Waals surface area contributed by atoms with Crippen LogP contribution in [0.3, 0.4) is 0 Å². The van der Waals surface area contributed by atoms with Gasteiger partial charge in [0.1, 0.15) is 0 Å². The summed E-state index contributed by atoms with van der Waals surface area (Å²) in [5.41, 5.74) is 3.41. The molecule has 4 heteroatoms. The fraction of sp³-hybridized carbons (Fsp3) is 0.409. The highest BCUT2D eigenvalue weighted by Crippen LogP contribution is 2.19. The van der Waals surface area contributed by atoms with Gasteiger partial charge < -0.3 is 10.2 Å². The second-order valence-electron chi connectivity index (χ2n) is 7.30. The van der Waals surface area contributed by atoms with Gasteiger partial charge in [0.25, 0.3) is 0 Å². The number of hydrogen-bond donors (Lipinski definition) is 1. The van der Waals surface area contributed by atoms with E-state index in [-0.39, 0.29) is 11.9 Å². The average molecular weight is 351 g/mol. The largest absolute Gasteiger partial charge is 0.369 e. The van der Waals surface area contributed by atoms with Crippen molar-refractivity contribution in [1.82, 2.24) is 4.90 Å². The second kappa shape index (κ2) is 8.37. The SMILES string of the molecule is CC(C)c1ccc(NC(=O)[C@H](C)N2CCN(c3ccccc3)CC2)cc1. The summed E-state index contributed by atoms with van der Waals surface area (Å²) in [7, 11) is 0. The van der Waals surface area contributed by atoms with Crippen LogP contribution < -0.4 is 10.2 Å². The molecule has 1 fully saturated rings. The number of anilines is 2. The zero-order chi connectivity index (χ0) is 18.5. The van der Waals surface area contributed by atoms with Crippen molar-refractivity contribution in [2.24, 2.45) is 0 Å². The lowest BCUT2D eigenvalue weighted by Crippen LogP contribution is -2.52. The molecule has 0 radical (unpaired) electrons. The third-order valence-electron chi connectivity index (χ3n) is 5.21. The van der Waals surface area contributed by atoms with Crippen molar-refractivity contribution in [2.75, 3.05) is 36.4 Å². The van der Waals surface area contributed by atoms with Gasteiger partial charge in [-0.15, -0.1) is 0 Å². The lowest BCUT2D eigenvalue weighted by Gasteiger charge is -2.38. The van der Waals surface area contributed by atoms with Gasteiger partial charge in [-0.1, -0.05) is 44.2 Å². The maximum Gasteiger partial charge on any atom is 0.241 e. The van der Waals surface area contributed by atoms with Gasteiger partial charge in [-0.3, -0.25) is 9.69 Å². The molecule has 1 aliphatic heterocycles. The van der Waals surface area contributed by atoms with E-state index in [1.165, 1.54) is 11.3 Å². The Hall–Kier alpha value is -2.33. The maximum absolute atomic E-state index is 12.6. The summed E-state index contributed by atoms with van der Waals surface area (Å²) in [5, 5.41) is 3.05. The van der Waals surface area contributed by atoms with Crippen LogP contribution in [0.15, 0.2) is 54.6 Å². The molecule has 0 unspecified atom stereocenters. The number of rotatable bonds is 5. The van der Waals surface area contributed by atoms with Crippen molar-refractivity contribution in [3.63, 3.8) is 0 Å². The molecular formula is C22H29N3O. The van der Waals surface area contributed by atoms with E-state index in [4.69, 9.17) is 0 Å². The minimum Gasteiger partial charge on any atom is -0.369 e. The fourth-order valence-corrected chi connectivity index (χ4v) is 3.37. The molecular weight excluding hydrogens is 322 g/mol. The first-order valence-electron chi connectivity index (χ1n) is 9.49. The van der Waals surface area contributed by atoms with Gasteiger partial charge in [0.15, 0.2) is 0 Å². The van der Waals surface area contributed by atoms with Gasteiger partial charge in [-0.25, -0.2) is 0 Å². The van der Waals surface area contributed by atoms with Crippen molar-refractivity contribution in [1.29, 1.82) is 0 Å². The summed E-state index contributed by atoms with van der Waals surface area (Å²) in [6.45, 7) is 10.0. The van der Waals surface area contributed by atoms with Crippen LogP contribution in [0.25, 0.3) is 0 Å². The number of benzene rings is 2. The predicted octanol–water partition coefficient (Wildman–Crippen LogP) is 3.96. The van der Waals surface area contributed by atoms with E-state index in [1.807, 2.05) is 25.1 Å². The third-order valence-corrected chi connectivity index (χ3v) is 5.21. The molecule has 0 bridgehead atoms. The van der Waals surface area contributed by atoms with Crippen LogP contribution in [0.5, 0.6) is 0 Å². The summed E-state index contributed by atoms with van der Waals surface area (Å²) < 4.78 is 0. The van der Waals surface area contributed by atoms with Crippen LogP contribution in [-0.2, 0) is 4.79 Å². The summed E-state index contributed by atoms with van der Waals surface area (Å²) >= 11 is 0. The van der Waals surface area contributed by atoms with Gasteiger partial charge >= 0.3 is 0 Å². The topological polar surface area (TPSA) is 35.6 Å². The molecule has 138 valence electrons. The number of carbonyl (C=O) groups excluding carboxylic acids is 1. The lowest BCUT2D eigenvalue weighted by atomic mass is 10.0. The van der Waals surface area contributed by atoms with Crippen molar-refractivity contribution in [3.05, 3.63) is 60.2 Å². The van der Waals surface area contributed by atoms with Crippen molar-refractivity contribution in [2.45, 2.75) is 32.7 Å². The van der Waals surface area contributed by atoms with E-state index in [1.54, 1.807) is 0 Å². The molecule has 0 aromatic heterocycles. The summed E-state index contributed by atoms with van der Waals surface area (Å²) in [5.74, 6) is 0.565. The highest BCUT2D eigenvalue weighted by atomic mass is 16.2. The van der Waals surface area contributed by atoms with Gasteiger partial charge in [0, 0.05) is 37.6 Å². The normalized spacial score (nSPS) is 16.5. The molecule has 1 atom stereocenters. The van der Waals surface area contributed by atoms with E-state index < -0.39 is 0 Å². The Labute approximate surface area is 156 Å². The smallest absolute Gasteiger partial charge is 0.241 e. The first-order valence-corrected chi connectivity index (χ1v) is 9.49. The second-order valence-corrected chi connectivity index (χ2v) is 7.30. The Kier molecular flexibility index (Phi) is 5.94. The molecule has 3 rings (SSSR count). The van der Waals surface area contributed by atoms with Gasteiger partial charge in [0.2, 0.25) is 5.91 Å². The van der Waals surface area contributed by atoms with Crippen LogP contribution in [-0.4, -0.2) is 43.0 Å². The average Bonchev–Trinajstić information content (AvgIpc) is 2.68.